The Morgan fingerprint density at radius 3 is 2.35 bits per heavy atom. The lowest BCUT2D eigenvalue weighted by Crippen LogP contribution is -2.43. The molecular formula is C14H19FN2O2S. The highest BCUT2D eigenvalue weighted by Crippen LogP contribution is 2.23. The number of nitrogens with one attached hydrogen (secondary N) is 2. The molecule has 0 aliphatic heterocycles. The van der Waals surface area contributed by atoms with Gasteiger partial charge in [-0.25, -0.2) is 9.18 Å². The highest BCUT2D eigenvalue weighted by Gasteiger charge is 2.17. The molecule has 0 aliphatic carbocycles. The number of rotatable bonds is 5. The van der Waals surface area contributed by atoms with E-state index in [1.807, 2.05) is 13.8 Å². The zero-order valence-electron chi connectivity index (χ0n) is 11.8. The van der Waals surface area contributed by atoms with Gasteiger partial charge in [-0.2, -0.15) is 0 Å². The molecule has 1 aromatic rings. The van der Waals surface area contributed by atoms with Crippen molar-refractivity contribution in [3.63, 3.8) is 0 Å². The number of halogens is 1. The van der Waals surface area contributed by atoms with Crippen LogP contribution >= 0.6 is 11.8 Å². The fourth-order valence-corrected chi connectivity index (χ4v) is 2.19. The molecule has 0 aromatic heterocycles. The minimum absolute atomic E-state index is 0.320. The molecule has 2 N–H and O–H groups in total. The Balaban J connectivity index is 2.42. The number of hydrogen-bond acceptors (Lipinski definition) is 3. The molecule has 0 heterocycles. The largest absolute Gasteiger partial charge is 0.338 e. The van der Waals surface area contributed by atoms with Gasteiger partial charge >= 0.3 is 6.03 Å². The molecular weight excluding hydrogens is 279 g/mol. The first-order valence-corrected chi connectivity index (χ1v) is 7.27. The molecule has 110 valence electrons. The minimum Gasteiger partial charge on any atom is -0.338 e. The van der Waals surface area contributed by atoms with E-state index in [4.69, 9.17) is 0 Å². The number of carbonyl (C=O) groups is 2. The molecule has 0 saturated heterocycles. The average molecular weight is 298 g/mol. The summed E-state index contributed by atoms with van der Waals surface area (Å²) in [5.74, 6) is -0.373. The van der Waals surface area contributed by atoms with E-state index in [0.29, 0.717) is 12.5 Å². The Hall–Kier alpha value is -1.56. The summed E-state index contributed by atoms with van der Waals surface area (Å²) in [5.41, 5.74) is 0. The minimum atomic E-state index is -0.491. The van der Waals surface area contributed by atoms with Crippen LogP contribution in [0.4, 0.5) is 9.18 Å². The van der Waals surface area contributed by atoms with Crippen LogP contribution in [0.2, 0.25) is 0 Å². The number of benzene rings is 1. The zero-order chi connectivity index (χ0) is 15.1. The summed E-state index contributed by atoms with van der Waals surface area (Å²) in [7, 11) is 0. The van der Waals surface area contributed by atoms with Crippen molar-refractivity contribution >= 4 is 23.7 Å². The monoisotopic (exact) mass is 298 g/mol. The van der Waals surface area contributed by atoms with E-state index in [2.05, 4.69) is 10.6 Å². The van der Waals surface area contributed by atoms with Crippen LogP contribution in [0, 0.1) is 11.7 Å². The van der Waals surface area contributed by atoms with Gasteiger partial charge < -0.3 is 5.32 Å². The lowest BCUT2D eigenvalue weighted by atomic mass is 10.2. The van der Waals surface area contributed by atoms with Crippen LogP contribution in [0.1, 0.15) is 20.8 Å². The summed E-state index contributed by atoms with van der Waals surface area (Å²) in [6.07, 6.45) is 0. The normalized spacial score (nSPS) is 12.1. The molecule has 4 nitrogen and oxygen atoms in total. The number of thioether (sulfide) groups is 1. The van der Waals surface area contributed by atoms with Crippen LogP contribution in [0.15, 0.2) is 29.2 Å². The molecule has 1 rings (SSSR count). The van der Waals surface area contributed by atoms with Crippen molar-refractivity contribution < 1.29 is 14.0 Å². The molecule has 0 bridgehead atoms. The van der Waals surface area contributed by atoms with Crippen molar-refractivity contribution in [2.24, 2.45) is 5.92 Å². The maximum atomic E-state index is 12.8. The predicted octanol–water partition coefficient (Wildman–Crippen LogP) is 2.79. The molecule has 6 heteroatoms. The van der Waals surface area contributed by atoms with E-state index in [0.717, 1.165) is 4.90 Å². The number of amides is 3. The van der Waals surface area contributed by atoms with Crippen molar-refractivity contribution in [3.05, 3.63) is 30.1 Å². The standard InChI is InChI=1S/C14H19FN2O2S/c1-9(2)8-16-14(19)17-13(18)10(3)20-12-6-4-11(15)5-7-12/h4-7,9-10H,8H2,1-3H3,(H2,16,17,18,19). The second-order valence-corrected chi connectivity index (χ2v) is 6.22. The van der Waals surface area contributed by atoms with Gasteiger partial charge in [0.25, 0.3) is 0 Å². The van der Waals surface area contributed by atoms with Gasteiger partial charge in [0, 0.05) is 11.4 Å². The second-order valence-electron chi connectivity index (χ2n) is 4.81. The van der Waals surface area contributed by atoms with Crippen LogP contribution in [0.5, 0.6) is 0 Å². The second kappa shape index (κ2) is 7.89. The van der Waals surface area contributed by atoms with Gasteiger partial charge in [0.2, 0.25) is 5.91 Å². The zero-order valence-corrected chi connectivity index (χ0v) is 12.6. The van der Waals surface area contributed by atoms with Crippen molar-refractivity contribution in [3.8, 4) is 0 Å². The van der Waals surface area contributed by atoms with Crippen molar-refractivity contribution in [2.45, 2.75) is 30.9 Å². The van der Waals surface area contributed by atoms with Crippen LogP contribution in [-0.2, 0) is 4.79 Å². The Morgan fingerprint density at radius 1 is 1.20 bits per heavy atom. The van der Waals surface area contributed by atoms with Gasteiger partial charge in [-0.1, -0.05) is 13.8 Å². The summed E-state index contributed by atoms with van der Waals surface area (Å²) >= 11 is 1.27. The van der Waals surface area contributed by atoms with Crippen LogP contribution in [-0.4, -0.2) is 23.7 Å². The molecule has 1 aromatic carbocycles. The molecule has 0 spiro atoms. The van der Waals surface area contributed by atoms with Crippen LogP contribution < -0.4 is 10.6 Å². The van der Waals surface area contributed by atoms with E-state index in [-0.39, 0.29) is 11.7 Å². The molecule has 0 radical (unpaired) electrons. The summed E-state index contributed by atoms with van der Waals surface area (Å²) in [4.78, 5) is 24.0. The molecule has 0 fully saturated rings. The highest BCUT2D eigenvalue weighted by molar-refractivity contribution is 8.00. The predicted molar refractivity (Wildman–Crippen MR) is 78.1 cm³/mol. The molecule has 1 atom stereocenters. The Labute approximate surface area is 122 Å². The van der Waals surface area contributed by atoms with Gasteiger partial charge in [0.1, 0.15) is 5.82 Å². The van der Waals surface area contributed by atoms with E-state index in [9.17, 15) is 14.0 Å². The summed E-state index contributed by atoms with van der Waals surface area (Å²) in [6.45, 7) is 6.14. The van der Waals surface area contributed by atoms with Gasteiger partial charge in [-0.3, -0.25) is 10.1 Å². The SMILES string of the molecule is CC(C)CNC(=O)NC(=O)C(C)Sc1ccc(F)cc1. The van der Waals surface area contributed by atoms with Crippen LogP contribution in [0.3, 0.4) is 0 Å². The number of carbonyl (C=O) groups excluding carboxylic acids is 2. The van der Waals surface area contributed by atoms with Crippen molar-refractivity contribution in [1.82, 2.24) is 10.6 Å². The fraction of sp³-hybridized carbons (Fsp3) is 0.429. The van der Waals surface area contributed by atoms with Gasteiger partial charge in [-0.15, -0.1) is 11.8 Å². The fourth-order valence-electron chi connectivity index (χ4n) is 1.33. The molecule has 1 unspecified atom stereocenters. The van der Waals surface area contributed by atoms with E-state index >= 15 is 0 Å². The van der Waals surface area contributed by atoms with Crippen LogP contribution in [0.25, 0.3) is 0 Å². The van der Waals surface area contributed by atoms with E-state index in [1.165, 1.54) is 23.9 Å². The maximum absolute atomic E-state index is 12.8. The Bertz CT molecular complexity index is 463. The smallest absolute Gasteiger partial charge is 0.321 e. The first kappa shape index (κ1) is 16.5. The first-order chi connectivity index (χ1) is 9.38. The Morgan fingerprint density at radius 2 is 1.80 bits per heavy atom. The summed E-state index contributed by atoms with van der Waals surface area (Å²) < 4.78 is 12.8. The number of imide groups is 1. The molecule has 0 saturated carbocycles. The third kappa shape index (κ3) is 6.06. The maximum Gasteiger partial charge on any atom is 0.321 e. The van der Waals surface area contributed by atoms with Gasteiger partial charge in [0.15, 0.2) is 0 Å². The topological polar surface area (TPSA) is 58.2 Å². The summed E-state index contributed by atoms with van der Waals surface area (Å²) in [5, 5.41) is 4.45. The van der Waals surface area contributed by atoms with Gasteiger partial charge in [-0.05, 0) is 37.1 Å². The van der Waals surface area contributed by atoms with Crippen molar-refractivity contribution in [2.75, 3.05) is 6.54 Å². The highest BCUT2D eigenvalue weighted by atomic mass is 32.2. The Kier molecular flexibility index (Phi) is 6.51. The van der Waals surface area contributed by atoms with Gasteiger partial charge in [0.05, 0.1) is 5.25 Å². The third-order valence-electron chi connectivity index (χ3n) is 2.40. The quantitative estimate of drug-likeness (QED) is 0.822. The molecule has 0 aliphatic rings. The third-order valence-corrected chi connectivity index (χ3v) is 3.52. The molecule has 3 amide bonds. The van der Waals surface area contributed by atoms with E-state index < -0.39 is 11.3 Å². The average Bonchev–Trinajstić information content (AvgIpc) is 2.39. The lowest BCUT2D eigenvalue weighted by Gasteiger charge is -2.12. The number of urea groups is 1. The first-order valence-electron chi connectivity index (χ1n) is 6.39. The van der Waals surface area contributed by atoms with Crippen molar-refractivity contribution in [1.29, 1.82) is 0 Å². The summed E-state index contributed by atoms with van der Waals surface area (Å²) in [6, 6.07) is 5.38. The van der Waals surface area contributed by atoms with E-state index in [1.54, 1.807) is 19.1 Å². The lowest BCUT2D eigenvalue weighted by molar-refractivity contribution is -0.119. The molecule has 20 heavy (non-hydrogen) atoms. The number of hydrogen-bond donors (Lipinski definition) is 2.